The van der Waals surface area contributed by atoms with Crippen molar-refractivity contribution in [3.8, 4) is 11.5 Å². The molecule has 3 aliphatic rings. The quantitative estimate of drug-likeness (QED) is 0.181. The number of piperazine rings is 1. The Morgan fingerprint density at radius 2 is 1.85 bits per heavy atom. The highest BCUT2D eigenvalue weighted by Gasteiger charge is 2.35. The van der Waals surface area contributed by atoms with Gasteiger partial charge in [-0.2, -0.15) is 13.2 Å². The lowest BCUT2D eigenvalue weighted by atomic mass is 9.88. The third-order valence-corrected chi connectivity index (χ3v) is 9.84. The molecule has 1 saturated carbocycles. The third-order valence-electron chi connectivity index (χ3n) is 9.84. The van der Waals surface area contributed by atoms with Crippen molar-refractivity contribution in [2.45, 2.75) is 57.3 Å². The van der Waals surface area contributed by atoms with Crippen LogP contribution in [-0.2, 0) is 19.3 Å². The largest absolute Gasteiger partial charge is 0.457 e. The normalized spacial score (nSPS) is 19.0. The Hall–Kier alpha value is -4.13. The Labute approximate surface area is 277 Å². The Morgan fingerprint density at radius 1 is 1.06 bits per heavy atom. The van der Waals surface area contributed by atoms with Gasteiger partial charge >= 0.3 is 12.2 Å². The van der Waals surface area contributed by atoms with Crippen LogP contribution in [0.3, 0.4) is 0 Å². The Morgan fingerprint density at radius 3 is 2.58 bits per heavy atom. The first-order chi connectivity index (χ1) is 23.2. The van der Waals surface area contributed by atoms with E-state index in [1.807, 2.05) is 23.1 Å². The molecule has 2 aromatic heterocycles. The lowest BCUT2D eigenvalue weighted by Crippen LogP contribution is -2.46. The highest BCUT2D eigenvalue weighted by molar-refractivity contribution is 5.90. The van der Waals surface area contributed by atoms with Crippen molar-refractivity contribution in [2.75, 3.05) is 51.2 Å². The zero-order valence-corrected chi connectivity index (χ0v) is 27.0. The number of halogens is 3. The number of rotatable bonds is 9. The van der Waals surface area contributed by atoms with Crippen LogP contribution in [0.5, 0.6) is 11.5 Å². The van der Waals surface area contributed by atoms with Gasteiger partial charge in [-0.1, -0.05) is 19.1 Å². The van der Waals surface area contributed by atoms with E-state index in [0.29, 0.717) is 63.2 Å². The first-order valence-corrected chi connectivity index (χ1v) is 16.8. The lowest BCUT2D eigenvalue weighted by Gasteiger charge is -2.35. The number of anilines is 1. The first kappa shape index (κ1) is 32.4. The highest BCUT2D eigenvalue weighted by atomic mass is 19.4. The molecule has 4 heterocycles. The van der Waals surface area contributed by atoms with Crippen molar-refractivity contribution in [1.29, 1.82) is 0 Å². The van der Waals surface area contributed by atoms with Gasteiger partial charge in [-0.15, -0.1) is 0 Å². The van der Waals surface area contributed by atoms with Crippen molar-refractivity contribution in [3.05, 3.63) is 82.7 Å². The summed E-state index contributed by atoms with van der Waals surface area (Å²) in [6.07, 6.45) is 0.312. The molecule has 4 aromatic rings. The molecule has 3 N–H and O–H groups in total. The van der Waals surface area contributed by atoms with E-state index in [4.69, 9.17) is 9.84 Å². The van der Waals surface area contributed by atoms with Crippen LogP contribution in [-0.4, -0.2) is 81.7 Å². The molecule has 254 valence electrons. The van der Waals surface area contributed by atoms with E-state index in [2.05, 4.69) is 39.2 Å². The van der Waals surface area contributed by atoms with Gasteiger partial charge in [0.25, 0.3) is 0 Å². The van der Waals surface area contributed by atoms with Gasteiger partial charge in [-0.25, -0.2) is 9.78 Å². The predicted octanol–water partition coefficient (Wildman–Crippen LogP) is 6.90. The first-order valence-electron chi connectivity index (χ1n) is 16.8. The summed E-state index contributed by atoms with van der Waals surface area (Å²) < 4.78 is 49.0. The van der Waals surface area contributed by atoms with Crippen LogP contribution in [0.4, 0.5) is 23.7 Å². The molecule has 1 aliphatic carbocycles. The number of H-pyrrole nitrogens is 1. The number of ether oxygens (including phenoxy) is 1. The number of aliphatic hydroxyl groups excluding tert-OH is 1. The summed E-state index contributed by atoms with van der Waals surface area (Å²) in [6, 6.07) is 13.5. The van der Waals surface area contributed by atoms with Crippen molar-refractivity contribution in [3.63, 3.8) is 0 Å². The molecule has 2 aliphatic heterocycles. The maximum Gasteiger partial charge on any atom is 0.416 e. The Kier molecular flexibility index (Phi) is 9.06. The molecule has 0 radical (unpaired) electrons. The minimum atomic E-state index is -4.57. The van der Waals surface area contributed by atoms with Gasteiger partial charge in [0.2, 0.25) is 0 Å². The fourth-order valence-corrected chi connectivity index (χ4v) is 6.98. The van der Waals surface area contributed by atoms with Gasteiger partial charge < -0.3 is 25.0 Å². The van der Waals surface area contributed by atoms with Gasteiger partial charge in [0.15, 0.2) is 0 Å². The molecular formula is C36H41F3N6O3. The summed E-state index contributed by atoms with van der Waals surface area (Å²) >= 11 is 0. The Bertz CT molecular complexity index is 1780. The van der Waals surface area contributed by atoms with Crippen molar-refractivity contribution >= 4 is 22.8 Å². The molecule has 1 saturated heterocycles. The number of β-amino-alcohol motifs (C(OH)–C–C–N with tert-alkyl or cyclic N) is 1. The number of aromatic nitrogens is 2. The zero-order valence-electron chi connectivity index (χ0n) is 27.0. The van der Waals surface area contributed by atoms with E-state index in [9.17, 15) is 18.0 Å². The van der Waals surface area contributed by atoms with Crippen LogP contribution in [0, 0.1) is 0 Å². The number of benzene rings is 2. The number of alkyl halides is 3. The maximum absolute atomic E-state index is 14.2. The predicted molar refractivity (Wildman–Crippen MR) is 177 cm³/mol. The number of aromatic amines is 1. The molecule has 2 amide bonds. The van der Waals surface area contributed by atoms with Crippen LogP contribution in [0.15, 0.2) is 54.7 Å². The standard InChI is InChI=1S/C36H41F3N6O3/c1-2-23-21-45(22-26-17-28(7-8-29(23)26)48-33-9-10-40-34-30(33)19-32(42-34)24-3-4-24)35(47)41-27-6-5-25(31(18-27)36(37,38)39)20-44-13-11-43(12-14-44)15-16-46/h5-10,17-19,23-24,46H,2-4,11-16,20-22H2,1H3,(H,40,42)(H,41,47)/t23-/m1/s1. The zero-order chi connectivity index (χ0) is 33.4. The summed E-state index contributed by atoms with van der Waals surface area (Å²) in [5, 5.41) is 12.8. The molecular weight excluding hydrogens is 621 g/mol. The van der Waals surface area contributed by atoms with E-state index in [1.165, 1.54) is 24.6 Å². The second-order valence-electron chi connectivity index (χ2n) is 13.2. The number of pyridine rings is 1. The summed E-state index contributed by atoms with van der Waals surface area (Å²) in [6.45, 7) is 6.27. The highest BCUT2D eigenvalue weighted by Crippen LogP contribution is 2.42. The van der Waals surface area contributed by atoms with Crippen LogP contribution in [0.2, 0.25) is 0 Å². The number of nitrogens with zero attached hydrogens (tertiary/aromatic N) is 4. The van der Waals surface area contributed by atoms with Crippen molar-refractivity contribution < 1.29 is 27.8 Å². The number of fused-ring (bicyclic) bond motifs is 2. The molecule has 2 aromatic carbocycles. The molecule has 2 fully saturated rings. The fourth-order valence-electron chi connectivity index (χ4n) is 6.98. The van der Waals surface area contributed by atoms with E-state index in [1.54, 1.807) is 17.2 Å². The van der Waals surface area contributed by atoms with E-state index < -0.39 is 17.8 Å². The average molecular weight is 663 g/mol. The monoisotopic (exact) mass is 662 g/mol. The summed E-state index contributed by atoms with van der Waals surface area (Å²) in [5.41, 5.74) is 3.61. The second-order valence-corrected chi connectivity index (χ2v) is 13.2. The molecule has 7 rings (SSSR count). The van der Waals surface area contributed by atoms with Crippen molar-refractivity contribution in [2.24, 2.45) is 0 Å². The van der Waals surface area contributed by atoms with Gasteiger partial charge in [-0.05, 0) is 78.3 Å². The topological polar surface area (TPSA) is 97.0 Å². The van der Waals surface area contributed by atoms with E-state index in [0.717, 1.165) is 34.6 Å². The maximum atomic E-state index is 14.2. The fraction of sp³-hybridized carbons (Fsp3) is 0.444. The van der Waals surface area contributed by atoms with E-state index in [-0.39, 0.29) is 30.3 Å². The molecule has 1 atom stereocenters. The number of amides is 2. The Balaban J connectivity index is 1.05. The number of hydrogen-bond acceptors (Lipinski definition) is 6. The van der Waals surface area contributed by atoms with Gasteiger partial charge in [-0.3, -0.25) is 9.80 Å². The number of carbonyl (C=O) groups is 1. The molecule has 12 heteroatoms. The molecule has 48 heavy (non-hydrogen) atoms. The van der Waals surface area contributed by atoms with Crippen LogP contribution >= 0.6 is 0 Å². The van der Waals surface area contributed by atoms with Gasteiger partial charge in [0.1, 0.15) is 17.1 Å². The van der Waals surface area contributed by atoms with Crippen LogP contribution in [0.1, 0.15) is 66.0 Å². The second kappa shape index (κ2) is 13.4. The molecule has 0 bridgehead atoms. The van der Waals surface area contributed by atoms with E-state index >= 15 is 0 Å². The number of urea groups is 1. The van der Waals surface area contributed by atoms with Crippen LogP contribution < -0.4 is 10.1 Å². The summed E-state index contributed by atoms with van der Waals surface area (Å²) in [5.74, 6) is 1.99. The summed E-state index contributed by atoms with van der Waals surface area (Å²) in [7, 11) is 0. The number of hydrogen-bond donors (Lipinski definition) is 3. The third kappa shape index (κ3) is 7.01. The summed E-state index contributed by atoms with van der Waals surface area (Å²) in [4.78, 5) is 27.2. The van der Waals surface area contributed by atoms with Gasteiger partial charge in [0, 0.05) is 75.9 Å². The number of carbonyl (C=O) groups excluding carboxylic acids is 1. The average Bonchev–Trinajstić information content (AvgIpc) is 3.83. The molecule has 9 nitrogen and oxygen atoms in total. The SMILES string of the molecule is CC[C@@H]1CN(C(=O)Nc2ccc(CN3CCN(CCO)CC3)c(C(F)(F)F)c2)Cc2cc(Oc3ccnc4[nH]c(C5CC5)cc34)ccc21. The van der Waals surface area contributed by atoms with Crippen molar-refractivity contribution in [1.82, 2.24) is 24.7 Å². The lowest BCUT2D eigenvalue weighted by molar-refractivity contribution is -0.138. The molecule has 0 unspecified atom stereocenters. The number of aliphatic hydroxyl groups is 1. The molecule has 0 spiro atoms. The van der Waals surface area contributed by atoms with Gasteiger partial charge in [0.05, 0.1) is 17.6 Å². The number of nitrogens with one attached hydrogen (secondary N) is 2. The minimum Gasteiger partial charge on any atom is -0.457 e. The van der Waals surface area contributed by atoms with Crippen LogP contribution in [0.25, 0.3) is 11.0 Å². The smallest absolute Gasteiger partial charge is 0.416 e. The minimum absolute atomic E-state index is 0.0642.